The second kappa shape index (κ2) is 8.64. The van der Waals surface area contributed by atoms with Gasteiger partial charge in [0.15, 0.2) is 5.82 Å². The molecule has 0 radical (unpaired) electrons. The van der Waals surface area contributed by atoms with E-state index >= 15 is 0 Å². The lowest BCUT2D eigenvalue weighted by molar-refractivity contribution is -0.137. The number of aromatic nitrogens is 3. The Bertz CT molecular complexity index is 1080. The molecule has 6 nitrogen and oxygen atoms in total. The molecule has 32 heavy (non-hydrogen) atoms. The number of piperazine rings is 1. The molecule has 9 heteroatoms. The fourth-order valence-electron chi connectivity index (χ4n) is 3.80. The normalized spacial score (nSPS) is 14.6. The largest absolute Gasteiger partial charge is 0.497 e. The number of alkyl halides is 3. The van der Waals surface area contributed by atoms with Gasteiger partial charge in [-0.3, -0.25) is 0 Å². The molecule has 2 aromatic heterocycles. The van der Waals surface area contributed by atoms with Crippen LogP contribution < -0.4 is 14.5 Å². The molecular formula is C23H24F3N5O. The Balaban J connectivity index is 1.47. The van der Waals surface area contributed by atoms with Crippen LogP contribution in [0.15, 0.2) is 42.6 Å². The summed E-state index contributed by atoms with van der Waals surface area (Å²) < 4.78 is 43.5. The molecule has 1 aromatic carbocycles. The maximum atomic E-state index is 12.8. The summed E-state index contributed by atoms with van der Waals surface area (Å²) in [5.41, 5.74) is 3.20. The second-order valence-corrected chi connectivity index (χ2v) is 7.73. The van der Waals surface area contributed by atoms with Crippen LogP contribution in [0, 0.1) is 13.8 Å². The summed E-state index contributed by atoms with van der Waals surface area (Å²) in [6.45, 7) is 6.71. The average molecular weight is 443 g/mol. The molecule has 3 aromatic rings. The Morgan fingerprint density at radius 2 is 1.50 bits per heavy atom. The van der Waals surface area contributed by atoms with Gasteiger partial charge in [-0.25, -0.2) is 4.98 Å². The number of benzene rings is 1. The Morgan fingerprint density at radius 1 is 0.844 bits per heavy atom. The first kappa shape index (κ1) is 21.9. The van der Waals surface area contributed by atoms with Crippen LogP contribution in [0.5, 0.6) is 5.75 Å². The number of hydrogen-bond donors (Lipinski definition) is 0. The van der Waals surface area contributed by atoms with Crippen molar-refractivity contribution in [1.29, 1.82) is 0 Å². The highest BCUT2D eigenvalue weighted by Gasteiger charge is 2.31. The van der Waals surface area contributed by atoms with E-state index in [9.17, 15) is 13.2 Å². The van der Waals surface area contributed by atoms with Gasteiger partial charge in [0.25, 0.3) is 0 Å². The van der Waals surface area contributed by atoms with Gasteiger partial charge in [-0.15, -0.1) is 10.2 Å². The van der Waals surface area contributed by atoms with Crippen LogP contribution in [-0.2, 0) is 6.18 Å². The minimum atomic E-state index is -4.38. The highest BCUT2D eigenvalue weighted by atomic mass is 19.4. The zero-order chi connectivity index (χ0) is 22.9. The molecule has 0 unspecified atom stereocenters. The van der Waals surface area contributed by atoms with Crippen LogP contribution in [0.1, 0.15) is 16.7 Å². The number of halogens is 3. The van der Waals surface area contributed by atoms with Crippen LogP contribution >= 0.6 is 0 Å². The molecule has 0 bridgehead atoms. The molecule has 0 saturated carbocycles. The average Bonchev–Trinajstić information content (AvgIpc) is 2.81. The van der Waals surface area contributed by atoms with Gasteiger partial charge < -0.3 is 14.5 Å². The van der Waals surface area contributed by atoms with Crippen molar-refractivity contribution in [3.8, 4) is 17.0 Å². The van der Waals surface area contributed by atoms with Crippen LogP contribution in [0.4, 0.5) is 24.8 Å². The molecule has 3 heterocycles. The Morgan fingerprint density at radius 3 is 2.06 bits per heavy atom. The van der Waals surface area contributed by atoms with Crippen molar-refractivity contribution >= 4 is 11.6 Å². The smallest absolute Gasteiger partial charge is 0.417 e. The zero-order valence-corrected chi connectivity index (χ0v) is 18.1. The van der Waals surface area contributed by atoms with Crippen molar-refractivity contribution in [2.75, 3.05) is 43.1 Å². The van der Waals surface area contributed by atoms with Crippen LogP contribution in [0.25, 0.3) is 11.3 Å². The van der Waals surface area contributed by atoms with E-state index in [1.165, 1.54) is 6.07 Å². The molecule has 0 N–H and O–H groups in total. The number of ether oxygens (including phenoxy) is 1. The zero-order valence-electron chi connectivity index (χ0n) is 18.1. The van der Waals surface area contributed by atoms with Gasteiger partial charge in [-0.1, -0.05) is 0 Å². The highest BCUT2D eigenvalue weighted by molar-refractivity contribution is 5.67. The summed E-state index contributed by atoms with van der Waals surface area (Å²) in [5.74, 6) is 2.17. The molecule has 168 valence electrons. The lowest BCUT2D eigenvalue weighted by Gasteiger charge is -2.36. The minimum Gasteiger partial charge on any atom is -0.497 e. The molecule has 1 saturated heterocycles. The molecular weight excluding hydrogens is 419 g/mol. The Kier molecular flexibility index (Phi) is 5.90. The van der Waals surface area contributed by atoms with E-state index in [-0.39, 0.29) is 0 Å². The van der Waals surface area contributed by atoms with Gasteiger partial charge in [-0.2, -0.15) is 13.2 Å². The van der Waals surface area contributed by atoms with Crippen LogP contribution in [-0.4, -0.2) is 48.5 Å². The lowest BCUT2D eigenvalue weighted by atomic mass is 10.0. The summed E-state index contributed by atoms with van der Waals surface area (Å²) in [4.78, 5) is 8.15. The van der Waals surface area contributed by atoms with Gasteiger partial charge in [-0.05, 0) is 61.4 Å². The van der Waals surface area contributed by atoms with Gasteiger partial charge in [0.1, 0.15) is 11.6 Å². The predicted molar refractivity (Wildman–Crippen MR) is 117 cm³/mol. The van der Waals surface area contributed by atoms with E-state index < -0.39 is 11.7 Å². The Labute approximate surface area is 184 Å². The van der Waals surface area contributed by atoms with E-state index in [2.05, 4.69) is 20.1 Å². The number of hydrogen-bond acceptors (Lipinski definition) is 6. The van der Waals surface area contributed by atoms with Gasteiger partial charge in [0.05, 0.1) is 18.4 Å². The molecule has 1 aliphatic rings. The van der Waals surface area contributed by atoms with Crippen LogP contribution in [0.2, 0.25) is 0 Å². The predicted octanol–water partition coefficient (Wildman–Crippen LogP) is 4.51. The number of methoxy groups -OCH3 is 1. The first-order valence-corrected chi connectivity index (χ1v) is 10.3. The van der Waals surface area contributed by atoms with Crippen molar-refractivity contribution < 1.29 is 17.9 Å². The number of rotatable bonds is 4. The summed E-state index contributed by atoms with van der Waals surface area (Å²) in [6.07, 6.45) is -3.49. The topological polar surface area (TPSA) is 54.4 Å². The molecule has 4 rings (SSSR count). The monoisotopic (exact) mass is 443 g/mol. The van der Waals surface area contributed by atoms with Crippen molar-refractivity contribution in [2.24, 2.45) is 0 Å². The van der Waals surface area contributed by atoms with E-state index in [4.69, 9.17) is 4.74 Å². The third-order valence-electron chi connectivity index (χ3n) is 5.84. The highest BCUT2D eigenvalue weighted by Crippen LogP contribution is 2.31. The Hall–Kier alpha value is -3.36. The minimum absolute atomic E-state index is 0.548. The standard InChI is InChI=1S/C23H24F3N5O/c1-15-16(2)22(29-28-21(15)17-4-7-19(32-3)8-5-17)31-12-10-30(11-13-31)20-9-6-18(14-27-20)23(24,25)26/h4-9,14H,10-13H2,1-3H3. The van der Waals surface area contributed by atoms with Crippen molar-refractivity contribution in [2.45, 2.75) is 20.0 Å². The van der Waals surface area contributed by atoms with E-state index in [1.54, 1.807) is 7.11 Å². The summed E-state index contributed by atoms with van der Waals surface area (Å²) in [5, 5.41) is 8.99. The lowest BCUT2D eigenvalue weighted by Crippen LogP contribution is -2.47. The second-order valence-electron chi connectivity index (χ2n) is 7.73. The number of anilines is 2. The molecule has 1 fully saturated rings. The third kappa shape index (κ3) is 4.32. The maximum absolute atomic E-state index is 12.8. The number of nitrogens with zero attached hydrogens (tertiary/aromatic N) is 5. The SMILES string of the molecule is COc1ccc(-c2nnc(N3CCN(c4ccc(C(F)(F)F)cn4)CC3)c(C)c2C)cc1. The van der Waals surface area contributed by atoms with Gasteiger partial charge in [0.2, 0.25) is 0 Å². The maximum Gasteiger partial charge on any atom is 0.417 e. The van der Waals surface area contributed by atoms with Crippen molar-refractivity contribution in [1.82, 2.24) is 15.2 Å². The van der Waals surface area contributed by atoms with Crippen LogP contribution in [0.3, 0.4) is 0 Å². The quantitative estimate of drug-likeness (QED) is 0.592. The fraction of sp³-hybridized carbons (Fsp3) is 0.348. The van der Waals surface area contributed by atoms with Crippen molar-refractivity contribution in [3.05, 3.63) is 59.3 Å². The van der Waals surface area contributed by atoms with Gasteiger partial charge in [0, 0.05) is 37.9 Å². The molecule has 0 atom stereocenters. The summed E-state index contributed by atoms with van der Waals surface area (Å²) >= 11 is 0. The molecule has 0 aliphatic carbocycles. The fourth-order valence-corrected chi connectivity index (χ4v) is 3.80. The van der Waals surface area contributed by atoms with Crippen molar-refractivity contribution in [3.63, 3.8) is 0 Å². The molecule has 0 amide bonds. The molecule has 0 spiro atoms. The van der Waals surface area contributed by atoms with E-state index in [0.717, 1.165) is 46.2 Å². The van der Waals surface area contributed by atoms with Gasteiger partial charge >= 0.3 is 6.18 Å². The molecule has 1 aliphatic heterocycles. The first-order valence-electron chi connectivity index (χ1n) is 10.3. The van der Waals surface area contributed by atoms with E-state index in [1.807, 2.05) is 43.0 Å². The first-order chi connectivity index (χ1) is 15.3. The van der Waals surface area contributed by atoms with E-state index in [0.29, 0.717) is 32.0 Å². The summed E-state index contributed by atoms with van der Waals surface area (Å²) in [6, 6.07) is 10.2. The third-order valence-corrected chi connectivity index (χ3v) is 5.84. The summed E-state index contributed by atoms with van der Waals surface area (Å²) in [7, 11) is 1.63. The number of pyridine rings is 1.